The van der Waals surface area contributed by atoms with Crippen molar-refractivity contribution in [1.82, 2.24) is 0 Å². The van der Waals surface area contributed by atoms with E-state index in [2.05, 4.69) is 0 Å². The fourth-order valence-electron chi connectivity index (χ4n) is 3.22. The van der Waals surface area contributed by atoms with Crippen LogP contribution in [0.15, 0.2) is 30.3 Å². The van der Waals surface area contributed by atoms with E-state index in [0.717, 1.165) is 5.56 Å². The van der Waals surface area contributed by atoms with Crippen molar-refractivity contribution in [2.75, 3.05) is 26.8 Å². The summed E-state index contributed by atoms with van der Waals surface area (Å²) in [6.07, 6.45) is -1.43. The van der Waals surface area contributed by atoms with Gasteiger partial charge >= 0.3 is 0 Å². The van der Waals surface area contributed by atoms with E-state index in [1.807, 2.05) is 26.0 Å². The van der Waals surface area contributed by atoms with Crippen molar-refractivity contribution in [3.05, 3.63) is 47.0 Å². The highest BCUT2D eigenvalue weighted by Crippen LogP contribution is 2.43. The number of hydrogen-bond donors (Lipinski definition) is 1. The van der Waals surface area contributed by atoms with Gasteiger partial charge in [-0.15, -0.1) is 0 Å². The van der Waals surface area contributed by atoms with Crippen molar-refractivity contribution < 1.29 is 33.5 Å². The first kappa shape index (κ1) is 17.9. The van der Waals surface area contributed by atoms with E-state index in [-0.39, 0.29) is 13.6 Å². The molecule has 1 saturated heterocycles. The van der Waals surface area contributed by atoms with Crippen molar-refractivity contribution in [3.63, 3.8) is 0 Å². The van der Waals surface area contributed by atoms with E-state index in [1.54, 1.807) is 18.2 Å². The highest BCUT2D eigenvalue weighted by atomic mass is 16.7. The summed E-state index contributed by atoms with van der Waals surface area (Å²) in [5.41, 5.74) is 2.06. The Bertz CT molecular complexity index is 814. The van der Waals surface area contributed by atoms with Crippen LogP contribution in [0.5, 0.6) is 23.0 Å². The summed E-state index contributed by atoms with van der Waals surface area (Å²) in [6, 6.07) is 8.96. The predicted octanol–water partition coefficient (Wildman–Crippen LogP) is 3.30. The summed E-state index contributed by atoms with van der Waals surface area (Å²) in [4.78, 5) is 0. The molecule has 0 saturated carbocycles. The van der Waals surface area contributed by atoms with Crippen LogP contribution in [0.1, 0.15) is 42.9 Å². The zero-order valence-corrected chi connectivity index (χ0v) is 15.3. The topological polar surface area (TPSA) is 75.6 Å². The second kappa shape index (κ2) is 7.64. The van der Waals surface area contributed by atoms with E-state index < -0.39 is 12.4 Å². The molecule has 0 aromatic heterocycles. The average Bonchev–Trinajstić information content (AvgIpc) is 3.48. The molecule has 1 N–H and O–H groups in total. The minimum Gasteiger partial charge on any atom is -0.454 e. The molecule has 144 valence electrons. The van der Waals surface area contributed by atoms with E-state index in [4.69, 9.17) is 28.4 Å². The third-order valence-corrected chi connectivity index (χ3v) is 4.46. The third-order valence-electron chi connectivity index (χ3n) is 4.46. The van der Waals surface area contributed by atoms with E-state index in [0.29, 0.717) is 47.3 Å². The van der Waals surface area contributed by atoms with Crippen LogP contribution in [0.2, 0.25) is 0 Å². The first-order valence-electron chi connectivity index (χ1n) is 9.04. The Labute approximate surface area is 157 Å². The van der Waals surface area contributed by atoms with Crippen LogP contribution >= 0.6 is 0 Å². The second-order valence-electron chi connectivity index (χ2n) is 5.92. The number of hydrogen-bond acceptors (Lipinski definition) is 7. The van der Waals surface area contributed by atoms with Crippen LogP contribution in [0.4, 0.5) is 0 Å². The van der Waals surface area contributed by atoms with Gasteiger partial charge in [-0.1, -0.05) is 19.9 Å². The molecule has 3 aliphatic heterocycles. The summed E-state index contributed by atoms with van der Waals surface area (Å²) in [5.74, 6) is 2.50. The summed E-state index contributed by atoms with van der Waals surface area (Å²) < 4.78 is 32.9. The Morgan fingerprint density at radius 1 is 0.815 bits per heavy atom. The van der Waals surface area contributed by atoms with Gasteiger partial charge in [0.2, 0.25) is 13.6 Å². The normalized spacial score (nSPS) is 18.2. The molecule has 27 heavy (non-hydrogen) atoms. The lowest BCUT2D eigenvalue weighted by atomic mass is 9.95. The molecule has 7 heteroatoms. The molecule has 3 heterocycles. The Hall–Kier alpha value is -2.48. The number of fused-ring (bicyclic) bond motifs is 2. The fraction of sp³-hybridized carbons (Fsp3) is 0.400. The summed E-state index contributed by atoms with van der Waals surface area (Å²) >= 11 is 0. The molecular weight excluding hydrogens is 352 g/mol. The Balaban J connectivity index is 0.000000872. The van der Waals surface area contributed by atoms with Crippen molar-refractivity contribution in [2.24, 2.45) is 0 Å². The van der Waals surface area contributed by atoms with Crippen molar-refractivity contribution >= 4 is 0 Å². The molecule has 7 nitrogen and oxygen atoms in total. The summed E-state index contributed by atoms with van der Waals surface area (Å²) in [6.45, 7) is 5.37. The highest BCUT2D eigenvalue weighted by molar-refractivity contribution is 5.53. The second-order valence-corrected chi connectivity index (χ2v) is 5.92. The zero-order valence-electron chi connectivity index (χ0n) is 15.3. The maximum atomic E-state index is 11.0. The van der Waals surface area contributed by atoms with Gasteiger partial charge in [-0.25, -0.2) is 0 Å². The van der Waals surface area contributed by atoms with Gasteiger partial charge in [0, 0.05) is 5.56 Å². The molecule has 2 aromatic rings. The number of ether oxygens (including phenoxy) is 6. The van der Waals surface area contributed by atoms with Crippen LogP contribution in [0.3, 0.4) is 0 Å². The third kappa shape index (κ3) is 3.29. The number of rotatable bonds is 3. The zero-order chi connectivity index (χ0) is 18.8. The number of aliphatic hydroxyl groups excluding tert-OH is 1. The van der Waals surface area contributed by atoms with Gasteiger partial charge in [-0.3, -0.25) is 0 Å². The molecule has 1 atom stereocenters. The van der Waals surface area contributed by atoms with E-state index >= 15 is 0 Å². The van der Waals surface area contributed by atoms with Crippen LogP contribution in [0, 0.1) is 0 Å². The minimum absolute atomic E-state index is 0.157. The van der Waals surface area contributed by atoms with Crippen molar-refractivity contribution in [2.45, 2.75) is 26.2 Å². The molecular formula is C20H22O7. The first-order chi connectivity index (χ1) is 13.3. The van der Waals surface area contributed by atoms with E-state index in [9.17, 15) is 5.11 Å². The summed E-state index contributed by atoms with van der Waals surface area (Å²) in [7, 11) is 0. The average molecular weight is 374 g/mol. The van der Waals surface area contributed by atoms with Crippen LogP contribution in [-0.4, -0.2) is 31.9 Å². The monoisotopic (exact) mass is 374 g/mol. The SMILES string of the molecule is CC.OC(c1ccc2c(c1)OCO2)c1cc2c(cc1C1OCCO1)OCO2. The Morgan fingerprint density at radius 2 is 1.41 bits per heavy atom. The van der Waals surface area contributed by atoms with Gasteiger partial charge < -0.3 is 33.5 Å². The van der Waals surface area contributed by atoms with E-state index in [1.165, 1.54) is 0 Å². The minimum atomic E-state index is -0.896. The molecule has 1 unspecified atom stereocenters. The van der Waals surface area contributed by atoms with Gasteiger partial charge in [0.25, 0.3) is 0 Å². The number of aliphatic hydroxyl groups is 1. The van der Waals surface area contributed by atoms with Crippen molar-refractivity contribution in [1.29, 1.82) is 0 Å². The van der Waals surface area contributed by atoms with Gasteiger partial charge in [0.05, 0.1) is 13.2 Å². The Kier molecular flexibility index (Phi) is 5.07. The largest absolute Gasteiger partial charge is 0.454 e. The van der Waals surface area contributed by atoms with Gasteiger partial charge in [0.15, 0.2) is 29.3 Å². The van der Waals surface area contributed by atoms with Crippen molar-refractivity contribution in [3.8, 4) is 23.0 Å². The molecule has 1 fully saturated rings. The predicted molar refractivity (Wildman–Crippen MR) is 95.2 cm³/mol. The molecule has 5 rings (SSSR count). The summed E-state index contributed by atoms with van der Waals surface area (Å²) in [5, 5.41) is 11.0. The highest BCUT2D eigenvalue weighted by Gasteiger charge is 2.29. The smallest absolute Gasteiger partial charge is 0.231 e. The molecule has 2 aromatic carbocycles. The van der Waals surface area contributed by atoms with Gasteiger partial charge in [-0.05, 0) is 35.4 Å². The van der Waals surface area contributed by atoms with Crippen LogP contribution in [-0.2, 0) is 9.47 Å². The lowest BCUT2D eigenvalue weighted by Crippen LogP contribution is -2.08. The van der Waals surface area contributed by atoms with Crippen LogP contribution in [0.25, 0.3) is 0 Å². The standard InChI is InChI=1S/C18H16O7.C2H6/c19-17(10-1-2-13-14(5-10)23-8-22-13)11-6-15-16(25-9-24-15)7-12(11)18-20-3-4-21-18;1-2/h1-2,5-7,17-19H,3-4,8-9H2;1-2H3. The lowest BCUT2D eigenvalue weighted by Gasteiger charge is -2.20. The van der Waals surface area contributed by atoms with Crippen LogP contribution < -0.4 is 18.9 Å². The lowest BCUT2D eigenvalue weighted by molar-refractivity contribution is -0.0457. The molecule has 0 amide bonds. The molecule has 0 bridgehead atoms. The maximum absolute atomic E-state index is 11.0. The first-order valence-corrected chi connectivity index (χ1v) is 9.04. The quantitative estimate of drug-likeness (QED) is 0.883. The molecule has 0 radical (unpaired) electrons. The van der Waals surface area contributed by atoms with Gasteiger partial charge in [0.1, 0.15) is 6.10 Å². The molecule has 3 aliphatic rings. The number of benzene rings is 2. The molecule has 0 aliphatic carbocycles. The fourth-order valence-corrected chi connectivity index (χ4v) is 3.22. The Morgan fingerprint density at radius 3 is 2.11 bits per heavy atom. The molecule has 0 spiro atoms. The van der Waals surface area contributed by atoms with Gasteiger partial charge in [-0.2, -0.15) is 0 Å². The maximum Gasteiger partial charge on any atom is 0.231 e.